The third-order valence-corrected chi connectivity index (χ3v) is 5.97. The summed E-state index contributed by atoms with van der Waals surface area (Å²) in [7, 11) is 0. The van der Waals surface area contributed by atoms with Crippen molar-refractivity contribution >= 4 is 43.6 Å². The summed E-state index contributed by atoms with van der Waals surface area (Å²) in [6.45, 7) is 5.93. The SMILES string of the molecule is Cc1nc2scc(C)n2c1CNCc1sccc1Br. The van der Waals surface area contributed by atoms with E-state index in [1.54, 1.807) is 22.7 Å². The summed E-state index contributed by atoms with van der Waals surface area (Å²) < 4.78 is 3.43. The molecular formula is C13H14BrN3S2. The van der Waals surface area contributed by atoms with Gasteiger partial charge in [0.1, 0.15) is 0 Å². The Bertz CT molecular complexity index is 711. The van der Waals surface area contributed by atoms with E-state index in [-0.39, 0.29) is 0 Å². The molecular weight excluding hydrogens is 342 g/mol. The van der Waals surface area contributed by atoms with Gasteiger partial charge in [0.05, 0.1) is 11.4 Å². The van der Waals surface area contributed by atoms with Gasteiger partial charge in [0, 0.05) is 33.5 Å². The fourth-order valence-electron chi connectivity index (χ4n) is 2.12. The number of fused-ring (bicyclic) bond motifs is 1. The van der Waals surface area contributed by atoms with Crippen molar-refractivity contribution in [3.05, 3.63) is 43.3 Å². The van der Waals surface area contributed by atoms with Crippen molar-refractivity contribution in [1.29, 1.82) is 0 Å². The van der Waals surface area contributed by atoms with Crippen molar-refractivity contribution < 1.29 is 0 Å². The molecule has 0 bridgehead atoms. The first-order chi connectivity index (χ1) is 9.16. The molecule has 1 N–H and O–H groups in total. The van der Waals surface area contributed by atoms with Crippen LogP contribution < -0.4 is 5.32 Å². The number of rotatable bonds is 4. The van der Waals surface area contributed by atoms with Gasteiger partial charge in [0.25, 0.3) is 0 Å². The van der Waals surface area contributed by atoms with Gasteiger partial charge < -0.3 is 5.32 Å². The van der Waals surface area contributed by atoms with Crippen LogP contribution in [0.25, 0.3) is 4.96 Å². The molecule has 100 valence electrons. The van der Waals surface area contributed by atoms with Crippen LogP contribution >= 0.6 is 38.6 Å². The Morgan fingerprint density at radius 3 is 2.89 bits per heavy atom. The quantitative estimate of drug-likeness (QED) is 0.762. The van der Waals surface area contributed by atoms with Gasteiger partial charge >= 0.3 is 0 Å². The number of nitrogens with zero attached hydrogens (tertiary/aromatic N) is 2. The average molecular weight is 356 g/mol. The summed E-state index contributed by atoms with van der Waals surface area (Å²) in [5.74, 6) is 0. The van der Waals surface area contributed by atoms with E-state index in [4.69, 9.17) is 0 Å². The third-order valence-electron chi connectivity index (χ3n) is 3.10. The zero-order valence-electron chi connectivity index (χ0n) is 10.7. The lowest BCUT2D eigenvalue weighted by Crippen LogP contribution is -2.14. The second-order valence-electron chi connectivity index (χ2n) is 4.43. The van der Waals surface area contributed by atoms with Crippen molar-refractivity contribution in [1.82, 2.24) is 14.7 Å². The highest BCUT2D eigenvalue weighted by Gasteiger charge is 2.11. The maximum Gasteiger partial charge on any atom is 0.194 e. The maximum atomic E-state index is 4.60. The third kappa shape index (κ3) is 2.50. The number of aromatic nitrogens is 2. The highest BCUT2D eigenvalue weighted by Crippen LogP contribution is 2.23. The van der Waals surface area contributed by atoms with Crippen LogP contribution in [0, 0.1) is 13.8 Å². The monoisotopic (exact) mass is 355 g/mol. The number of thiophene rings is 1. The van der Waals surface area contributed by atoms with Crippen molar-refractivity contribution in [3.8, 4) is 0 Å². The Hall–Kier alpha value is -0.690. The van der Waals surface area contributed by atoms with E-state index in [1.165, 1.54) is 20.7 Å². The van der Waals surface area contributed by atoms with E-state index >= 15 is 0 Å². The molecule has 0 amide bonds. The van der Waals surface area contributed by atoms with Crippen molar-refractivity contribution in [2.45, 2.75) is 26.9 Å². The Kier molecular flexibility index (Phi) is 3.75. The molecule has 0 spiro atoms. The van der Waals surface area contributed by atoms with Crippen LogP contribution in [0.15, 0.2) is 21.3 Å². The normalized spacial score (nSPS) is 11.5. The molecule has 0 aromatic carbocycles. The first-order valence-corrected chi connectivity index (χ1v) is 8.56. The molecule has 3 nitrogen and oxygen atoms in total. The summed E-state index contributed by atoms with van der Waals surface area (Å²) in [4.78, 5) is 7.02. The van der Waals surface area contributed by atoms with Gasteiger partial charge in [-0.3, -0.25) is 4.40 Å². The topological polar surface area (TPSA) is 29.3 Å². The van der Waals surface area contributed by atoms with Gasteiger partial charge in [-0.05, 0) is 41.2 Å². The van der Waals surface area contributed by atoms with Crippen molar-refractivity contribution in [2.75, 3.05) is 0 Å². The summed E-state index contributed by atoms with van der Waals surface area (Å²) in [6, 6.07) is 2.09. The smallest absolute Gasteiger partial charge is 0.194 e. The van der Waals surface area contributed by atoms with Gasteiger partial charge in [0.2, 0.25) is 0 Å². The lowest BCUT2D eigenvalue weighted by Gasteiger charge is -2.05. The molecule has 6 heteroatoms. The molecule has 0 unspecified atom stereocenters. The van der Waals surface area contributed by atoms with E-state index in [2.05, 4.69) is 61.3 Å². The fraction of sp³-hybridized carbons (Fsp3) is 0.308. The largest absolute Gasteiger partial charge is 0.306 e. The molecule has 0 fully saturated rings. The van der Waals surface area contributed by atoms with Crippen LogP contribution in [0.4, 0.5) is 0 Å². The predicted molar refractivity (Wildman–Crippen MR) is 85.1 cm³/mol. The van der Waals surface area contributed by atoms with Crippen molar-refractivity contribution in [2.24, 2.45) is 0 Å². The zero-order chi connectivity index (χ0) is 13.4. The van der Waals surface area contributed by atoms with Crippen LogP contribution in [0.1, 0.15) is 22.0 Å². The molecule has 0 aliphatic heterocycles. The van der Waals surface area contributed by atoms with E-state index < -0.39 is 0 Å². The van der Waals surface area contributed by atoms with Crippen LogP contribution in [0.3, 0.4) is 0 Å². The Morgan fingerprint density at radius 2 is 2.16 bits per heavy atom. The lowest BCUT2D eigenvalue weighted by molar-refractivity contribution is 0.676. The number of imidazole rings is 1. The molecule has 3 aromatic rings. The molecule has 0 atom stereocenters. The van der Waals surface area contributed by atoms with Gasteiger partial charge in [-0.2, -0.15) is 0 Å². The van der Waals surface area contributed by atoms with Crippen LogP contribution in [-0.2, 0) is 13.1 Å². The second-order valence-corrected chi connectivity index (χ2v) is 7.13. The maximum absolute atomic E-state index is 4.60. The van der Waals surface area contributed by atoms with Gasteiger partial charge in [0.15, 0.2) is 4.96 Å². The highest BCUT2D eigenvalue weighted by atomic mass is 79.9. The molecule has 0 aliphatic rings. The first kappa shape index (κ1) is 13.3. The number of halogens is 1. The van der Waals surface area contributed by atoms with Gasteiger partial charge in [-0.25, -0.2) is 4.98 Å². The second kappa shape index (κ2) is 5.36. The first-order valence-electron chi connectivity index (χ1n) is 6.01. The molecule has 19 heavy (non-hydrogen) atoms. The minimum atomic E-state index is 0.842. The molecule has 3 rings (SSSR count). The molecule has 0 saturated heterocycles. The molecule has 0 saturated carbocycles. The van der Waals surface area contributed by atoms with E-state index in [1.807, 2.05) is 0 Å². The molecule has 0 aliphatic carbocycles. The molecule has 3 aromatic heterocycles. The Balaban J connectivity index is 1.76. The number of hydrogen-bond acceptors (Lipinski definition) is 4. The zero-order valence-corrected chi connectivity index (χ0v) is 14.0. The molecule has 0 radical (unpaired) electrons. The van der Waals surface area contributed by atoms with Crippen LogP contribution in [0.5, 0.6) is 0 Å². The van der Waals surface area contributed by atoms with Gasteiger partial charge in [-0.15, -0.1) is 22.7 Å². The van der Waals surface area contributed by atoms with E-state index in [0.29, 0.717) is 0 Å². The van der Waals surface area contributed by atoms with Crippen LogP contribution in [-0.4, -0.2) is 9.38 Å². The predicted octanol–water partition coefficient (Wildman–Crippen LogP) is 4.13. The number of nitrogens with one attached hydrogen (secondary N) is 1. The van der Waals surface area contributed by atoms with Gasteiger partial charge in [-0.1, -0.05) is 0 Å². The van der Waals surface area contributed by atoms with E-state index in [0.717, 1.165) is 23.7 Å². The standard InChI is InChI=1S/C13H14BrN3S2/c1-8-7-19-13-16-9(2)11(17(8)13)5-15-6-12-10(14)3-4-18-12/h3-4,7,15H,5-6H2,1-2H3. The number of aryl methyl sites for hydroxylation is 2. The summed E-state index contributed by atoms with van der Waals surface area (Å²) >= 11 is 7.03. The fourth-order valence-corrected chi connectivity index (χ4v) is 4.51. The van der Waals surface area contributed by atoms with Crippen LogP contribution in [0.2, 0.25) is 0 Å². The molecule has 3 heterocycles. The Morgan fingerprint density at radius 1 is 1.32 bits per heavy atom. The van der Waals surface area contributed by atoms with Crippen molar-refractivity contribution in [3.63, 3.8) is 0 Å². The average Bonchev–Trinajstić information content (AvgIpc) is 3.01. The van der Waals surface area contributed by atoms with E-state index in [9.17, 15) is 0 Å². The minimum absolute atomic E-state index is 0.842. The lowest BCUT2D eigenvalue weighted by atomic mass is 10.3. The summed E-state index contributed by atoms with van der Waals surface area (Å²) in [5.41, 5.74) is 3.64. The summed E-state index contributed by atoms with van der Waals surface area (Å²) in [6.07, 6.45) is 0. The Labute approximate surface area is 128 Å². The highest BCUT2D eigenvalue weighted by molar-refractivity contribution is 9.10. The minimum Gasteiger partial charge on any atom is -0.306 e. The number of thiazole rings is 1. The number of hydrogen-bond donors (Lipinski definition) is 1. The summed E-state index contributed by atoms with van der Waals surface area (Å²) in [5, 5.41) is 7.76.